The van der Waals surface area contributed by atoms with Crippen molar-refractivity contribution in [2.75, 3.05) is 52.9 Å². The van der Waals surface area contributed by atoms with Gasteiger partial charge in [-0.2, -0.15) is 0 Å². The maximum absolute atomic E-state index is 10.9. The van der Waals surface area contributed by atoms with E-state index in [-0.39, 0.29) is 52.9 Å². The van der Waals surface area contributed by atoms with Crippen molar-refractivity contribution in [1.29, 1.82) is 0 Å². The molecule has 8 heteroatoms. The maximum Gasteiger partial charge on any atom is 0.332 e. The number of carbonyl (C=O) groups excluding carboxylic acids is 2. The minimum absolute atomic E-state index is 0.0601. The summed E-state index contributed by atoms with van der Waals surface area (Å²) in [6, 6.07) is 0. The zero-order chi connectivity index (χ0) is 13.6. The third-order valence-electron chi connectivity index (χ3n) is 1.52. The van der Waals surface area contributed by atoms with Crippen LogP contribution in [-0.4, -0.2) is 75.0 Å². The van der Waals surface area contributed by atoms with Gasteiger partial charge >= 0.3 is 11.9 Å². The first kappa shape index (κ1) is 16.8. The molecule has 0 aliphatic heterocycles. The molecule has 0 bridgehead atoms. The molecule has 0 atom stereocenters. The molecule has 0 rings (SSSR count). The number of esters is 2. The Kier molecular flexibility index (Phi) is 11.4. The summed E-state index contributed by atoms with van der Waals surface area (Å²) in [4.78, 5) is 21.7. The predicted molar refractivity (Wildman–Crippen MR) is 57.7 cm³/mol. The Morgan fingerprint density at radius 2 is 1.11 bits per heavy atom. The average Bonchev–Trinajstić information content (AvgIpc) is 2.37. The van der Waals surface area contributed by atoms with Crippen LogP contribution < -0.4 is 0 Å². The van der Waals surface area contributed by atoms with E-state index in [1.165, 1.54) is 0 Å². The Labute approximate surface area is 104 Å². The van der Waals surface area contributed by atoms with E-state index < -0.39 is 11.9 Å². The van der Waals surface area contributed by atoms with Crippen LogP contribution >= 0.6 is 0 Å². The highest BCUT2D eigenvalue weighted by Gasteiger charge is 2.04. The van der Waals surface area contributed by atoms with Gasteiger partial charge in [0.15, 0.2) is 0 Å². The summed E-state index contributed by atoms with van der Waals surface area (Å²) in [6.07, 6.45) is 0. The number of hydrogen-bond donors (Lipinski definition) is 2. The number of ether oxygens (including phenoxy) is 4. The van der Waals surface area contributed by atoms with Crippen LogP contribution in [0.25, 0.3) is 0 Å². The van der Waals surface area contributed by atoms with Crippen LogP contribution in [0.3, 0.4) is 0 Å². The van der Waals surface area contributed by atoms with E-state index in [1.807, 2.05) is 0 Å². The van der Waals surface area contributed by atoms with E-state index in [9.17, 15) is 9.59 Å². The largest absolute Gasteiger partial charge is 0.462 e. The number of carbonyl (C=O) groups is 2. The lowest BCUT2D eigenvalue weighted by Gasteiger charge is -2.06. The Hall–Kier alpha value is -1.22. The highest BCUT2D eigenvalue weighted by molar-refractivity contribution is 5.71. The first-order valence-electron chi connectivity index (χ1n) is 5.39. The average molecular weight is 266 g/mol. The highest BCUT2D eigenvalue weighted by atomic mass is 16.6. The SMILES string of the molecule is O=C(COCCOCC(=O)OCCO)OCCO. The molecule has 0 aliphatic carbocycles. The minimum atomic E-state index is -0.577. The number of aliphatic hydroxyl groups excluding tert-OH is 2. The van der Waals surface area contributed by atoms with Crippen LogP contribution in [0, 0.1) is 0 Å². The van der Waals surface area contributed by atoms with Crippen molar-refractivity contribution in [2.45, 2.75) is 0 Å². The lowest BCUT2D eigenvalue weighted by Crippen LogP contribution is -2.19. The van der Waals surface area contributed by atoms with Crippen molar-refractivity contribution < 1.29 is 38.7 Å². The van der Waals surface area contributed by atoms with Crippen molar-refractivity contribution in [3.05, 3.63) is 0 Å². The molecule has 0 aromatic heterocycles. The summed E-state index contributed by atoms with van der Waals surface area (Å²) in [5.74, 6) is -1.15. The molecule has 106 valence electrons. The Morgan fingerprint density at radius 1 is 0.722 bits per heavy atom. The number of rotatable bonds is 11. The van der Waals surface area contributed by atoms with Gasteiger partial charge in [0, 0.05) is 0 Å². The molecule has 0 fully saturated rings. The van der Waals surface area contributed by atoms with E-state index >= 15 is 0 Å². The van der Waals surface area contributed by atoms with Crippen molar-refractivity contribution >= 4 is 11.9 Å². The topological polar surface area (TPSA) is 112 Å². The van der Waals surface area contributed by atoms with Gasteiger partial charge in [-0.3, -0.25) is 0 Å². The molecule has 0 saturated heterocycles. The van der Waals surface area contributed by atoms with Gasteiger partial charge in [0.05, 0.1) is 26.4 Å². The highest BCUT2D eigenvalue weighted by Crippen LogP contribution is 1.85. The predicted octanol–water partition coefficient (Wildman–Crippen LogP) is -1.91. The van der Waals surface area contributed by atoms with Crippen LogP contribution in [0.2, 0.25) is 0 Å². The van der Waals surface area contributed by atoms with Crippen LogP contribution in [0.4, 0.5) is 0 Å². The normalized spacial score (nSPS) is 10.1. The first-order chi connectivity index (χ1) is 8.70. The maximum atomic E-state index is 10.9. The fourth-order valence-corrected chi connectivity index (χ4v) is 0.831. The van der Waals surface area contributed by atoms with Gasteiger partial charge in [-0.1, -0.05) is 0 Å². The van der Waals surface area contributed by atoms with Gasteiger partial charge in [-0.15, -0.1) is 0 Å². The monoisotopic (exact) mass is 266 g/mol. The van der Waals surface area contributed by atoms with Gasteiger partial charge in [0.1, 0.15) is 26.4 Å². The molecular weight excluding hydrogens is 248 g/mol. The van der Waals surface area contributed by atoms with Gasteiger partial charge in [0.2, 0.25) is 0 Å². The van der Waals surface area contributed by atoms with Crippen molar-refractivity contribution in [1.82, 2.24) is 0 Å². The summed E-state index contributed by atoms with van der Waals surface area (Å²) in [7, 11) is 0. The fraction of sp³-hybridized carbons (Fsp3) is 0.800. The van der Waals surface area contributed by atoms with Crippen LogP contribution in [-0.2, 0) is 28.5 Å². The summed E-state index contributed by atoms with van der Waals surface area (Å²) in [5.41, 5.74) is 0. The molecule has 2 N–H and O–H groups in total. The van der Waals surface area contributed by atoms with E-state index in [1.54, 1.807) is 0 Å². The number of hydrogen-bond acceptors (Lipinski definition) is 8. The van der Waals surface area contributed by atoms with Gasteiger partial charge in [-0.05, 0) is 0 Å². The van der Waals surface area contributed by atoms with Crippen molar-refractivity contribution in [3.8, 4) is 0 Å². The Balaban J connectivity index is 3.25. The molecule has 0 spiro atoms. The second-order valence-corrected chi connectivity index (χ2v) is 2.99. The van der Waals surface area contributed by atoms with E-state index in [0.717, 1.165) is 0 Å². The lowest BCUT2D eigenvalue weighted by molar-refractivity contribution is -0.153. The molecule has 0 amide bonds. The molecule has 0 unspecified atom stereocenters. The van der Waals surface area contributed by atoms with E-state index in [4.69, 9.17) is 19.7 Å². The first-order valence-corrected chi connectivity index (χ1v) is 5.39. The molecule has 0 heterocycles. The number of aliphatic hydroxyl groups is 2. The standard InChI is InChI=1S/C10H18O8/c11-1-3-17-9(13)7-15-5-6-16-8-10(14)18-4-2-12/h11-12H,1-8H2. The molecule has 0 aromatic rings. The van der Waals surface area contributed by atoms with Gasteiger partial charge in [0.25, 0.3) is 0 Å². The second-order valence-electron chi connectivity index (χ2n) is 2.99. The van der Waals surface area contributed by atoms with E-state index in [0.29, 0.717) is 0 Å². The zero-order valence-electron chi connectivity index (χ0n) is 10.0. The molecule has 0 aromatic carbocycles. The van der Waals surface area contributed by atoms with E-state index in [2.05, 4.69) is 9.47 Å². The van der Waals surface area contributed by atoms with Crippen LogP contribution in [0.15, 0.2) is 0 Å². The van der Waals surface area contributed by atoms with Gasteiger partial charge in [-0.25, -0.2) is 9.59 Å². The smallest absolute Gasteiger partial charge is 0.332 e. The van der Waals surface area contributed by atoms with Crippen molar-refractivity contribution in [3.63, 3.8) is 0 Å². The third kappa shape index (κ3) is 11.3. The second kappa shape index (κ2) is 12.2. The third-order valence-corrected chi connectivity index (χ3v) is 1.52. The molecular formula is C10H18O8. The summed E-state index contributed by atoms with van der Waals surface area (Å²) in [6.45, 7) is -0.806. The zero-order valence-corrected chi connectivity index (χ0v) is 10.0. The molecule has 0 radical (unpaired) electrons. The van der Waals surface area contributed by atoms with Crippen LogP contribution in [0.5, 0.6) is 0 Å². The molecule has 18 heavy (non-hydrogen) atoms. The quantitative estimate of drug-likeness (QED) is 0.329. The molecule has 0 aliphatic rings. The van der Waals surface area contributed by atoms with Gasteiger partial charge < -0.3 is 29.2 Å². The summed E-state index contributed by atoms with van der Waals surface area (Å²) in [5, 5.41) is 16.7. The summed E-state index contributed by atoms with van der Waals surface area (Å²) < 4.78 is 18.8. The molecule has 8 nitrogen and oxygen atoms in total. The molecule has 0 saturated carbocycles. The Bertz CT molecular complexity index is 206. The van der Waals surface area contributed by atoms with Crippen molar-refractivity contribution in [2.24, 2.45) is 0 Å². The summed E-state index contributed by atoms with van der Waals surface area (Å²) >= 11 is 0. The van der Waals surface area contributed by atoms with Crippen LogP contribution in [0.1, 0.15) is 0 Å². The lowest BCUT2D eigenvalue weighted by atomic mass is 10.6. The minimum Gasteiger partial charge on any atom is -0.462 e. The fourth-order valence-electron chi connectivity index (χ4n) is 0.831. The Morgan fingerprint density at radius 3 is 1.44 bits per heavy atom.